The van der Waals surface area contributed by atoms with Gasteiger partial charge < -0.3 is 10.1 Å². The molecule has 0 amide bonds. The van der Waals surface area contributed by atoms with Crippen LogP contribution in [-0.2, 0) is 4.74 Å². The third kappa shape index (κ3) is 5.79. The molecule has 6 heteroatoms. The summed E-state index contributed by atoms with van der Waals surface area (Å²) in [6, 6.07) is 6.75. The van der Waals surface area contributed by atoms with E-state index in [1.54, 1.807) is 12.1 Å². The van der Waals surface area contributed by atoms with Crippen LogP contribution in [0.5, 0.6) is 0 Å². The van der Waals surface area contributed by atoms with Gasteiger partial charge in [0.1, 0.15) is 0 Å². The summed E-state index contributed by atoms with van der Waals surface area (Å²) < 4.78 is 42.5. The number of benzene rings is 1. The predicted molar refractivity (Wildman–Crippen MR) is 79.6 cm³/mol. The molecule has 2 unspecified atom stereocenters. The van der Waals surface area contributed by atoms with Gasteiger partial charge in [-0.15, -0.1) is 0 Å². The molecule has 1 N–H and O–H groups in total. The summed E-state index contributed by atoms with van der Waals surface area (Å²) in [4.78, 5) is 0.212. The van der Waals surface area contributed by atoms with E-state index >= 15 is 0 Å². The molecule has 1 aromatic carbocycles. The van der Waals surface area contributed by atoms with Crippen LogP contribution in [0.2, 0.25) is 0 Å². The maximum atomic E-state index is 12.3. The topological polar surface area (TPSA) is 21.3 Å². The van der Waals surface area contributed by atoms with Crippen molar-refractivity contribution in [1.29, 1.82) is 0 Å². The molecule has 0 saturated carbocycles. The second-order valence-electron chi connectivity index (χ2n) is 5.22. The van der Waals surface area contributed by atoms with Crippen LogP contribution in [-0.4, -0.2) is 24.3 Å². The van der Waals surface area contributed by atoms with Gasteiger partial charge in [0.2, 0.25) is 0 Å². The van der Waals surface area contributed by atoms with Crippen molar-refractivity contribution in [1.82, 2.24) is 0 Å². The summed E-state index contributed by atoms with van der Waals surface area (Å²) >= 11 is -0.0853. The van der Waals surface area contributed by atoms with Crippen LogP contribution >= 0.6 is 11.8 Å². The standard InChI is InChI=1S/C15H20F3NOS/c1-2-3-13-10-12(8-9-20-13)19-11-4-6-14(7-5-11)21-15(16,17)18/h4-7,12-13,19H,2-3,8-10H2,1H3. The monoisotopic (exact) mass is 319 g/mol. The fourth-order valence-electron chi connectivity index (χ4n) is 2.52. The number of halogens is 3. The molecule has 1 aliphatic rings. The molecule has 2 rings (SSSR count). The van der Waals surface area contributed by atoms with Gasteiger partial charge in [0.15, 0.2) is 0 Å². The summed E-state index contributed by atoms with van der Waals surface area (Å²) in [7, 11) is 0. The Morgan fingerprint density at radius 1 is 1.29 bits per heavy atom. The molecular formula is C15H20F3NOS. The molecule has 0 aromatic heterocycles. The number of alkyl halides is 3. The number of rotatable bonds is 5. The summed E-state index contributed by atoms with van der Waals surface area (Å²) in [5, 5.41) is 3.39. The third-order valence-electron chi connectivity index (χ3n) is 3.44. The molecular weight excluding hydrogens is 299 g/mol. The molecule has 118 valence electrons. The fourth-order valence-corrected chi connectivity index (χ4v) is 3.06. The van der Waals surface area contributed by atoms with Crippen molar-refractivity contribution in [3.8, 4) is 0 Å². The largest absolute Gasteiger partial charge is 0.446 e. The van der Waals surface area contributed by atoms with Gasteiger partial charge in [-0.3, -0.25) is 0 Å². The van der Waals surface area contributed by atoms with Gasteiger partial charge in [0.25, 0.3) is 0 Å². The van der Waals surface area contributed by atoms with Crippen molar-refractivity contribution in [2.24, 2.45) is 0 Å². The Morgan fingerprint density at radius 2 is 2.00 bits per heavy atom. The van der Waals surface area contributed by atoms with Gasteiger partial charge in [-0.1, -0.05) is 13.3 Å². The lowest BCUT2D eigenvalue weighted by Crippen LogP contribution is -2.33. The molecule has 1 aromatic rings. The molecule has 1 saturated heterocycles. The highest BCUT2D eigenvalue weighted by Crippen LogP contribution is 2.37. The zero-order valence-corrected chi connectivity index (χ0v) is 12.8. The Balaban J connectivity index is 1.88. The first kappa shape index (κ1) is 16.5. The Labute approximate surface area is 127 Å². The molecule has 0 bridgehead atoms. The van der Waals surface area contributed by atoms with Crippen molar-refractivity contribution in [2.45, 2.75) is 55.2 Å². The van der Waals surface area contributed by atoms with E-state index in [1.807, 2.05) is 0 Å². The fraction of sp³-hybridized carbons (Fsp3) is 0.600. The molecule has 0 aliphatic carbocycles. The van der Waals surface area contributed by atoms with E-state index in [0.717, 1.165) is 38.0 Å². The summed E-state index contributed by atoms with van der Waals surface area (Å²) in [5.74, 6) is 0. The van der Waals surface area contributed by atoms with Gasteiger partial charge in [-0.2, -0.15) is 13.2 Å². The van der Waals surface area contributed by atoms with Gasteiger partial charge in [0, 0.05) is 23.2 Å². The average Bonchev–Trinajstić information content (AvgIpc) is 2.40. The predicted octanol–water partition coefficient (Wildman–Crippen LogP) is 5.06. The number of nitrogens with one attached hydrogen (secondary N) is 1. The Kier molecular flexibility index (Phi) is 5.81. The first-order valence-electron chi connectivity index (χ1n) is 7.20. The van der Waals surface area contributed by atoms with E-state index in [0.29, 0.717) is 12.1 Å². The van der Waals surface area contributed by atoms with Gasteiger partial charge in [-0.25, -0.2) is 0 Å². The van der Waals surface area contributed by atoms with Crippen molar-refractivity contribution < 1.29 is 17.9 Å². The highest BCUT2D eigenvalue weighted by atomic mass is 32.2. The minimum atomic E-state index is -4.23. The molecule has 0 spiro atoms. The Bertz CT molecular complexity index is 434. The van der Waals surface area contributed by atoms with E-state index in [-0.39, 0.29) is 16.7 Å². The highest BCUT2D eigenvalue weighted by molar-refractivity contribution is 8.00. The van der Waals surface area contributed by atoms with Crippen molar-refractivity contribution in [3.63, 3.8) is 0 Å². The highest BCUT2D eigenvalue weighted by Gasteiger charge is 2.29. The molecule has 1 fully saturated rings. The summed E-state index contributed by atoms with van der Waals surface area (Å²) in [6.07, 6.45) is 4.33. The lowest BCUT2D eigenvalue weighted by atomic mass is 10.00. The lowest BCUT2D eigenvalue weighted by Gasteiger charge is -2.30. The number of thioether (sulfide) groups is 1. The lowest BCUT2D eigenvalue weighted by molar-refractivity contribution is -0.0328. The van der Waals surface area contributed by atoms with E-state index < -0.39 is 5.51 Å². The average molecular weight is 319 g/mol. The molecule has 1 aliphatic heterocycles. The van der Waals surface area contributed by atoms with Gasteiger partial charge >= 0.3 is 5.51 Å². The van der Waals surface area contributed by atoms with Crippen LogP contribution in [0.15, 0.2) is 29.2 Å². The van der Waals surface area contributed by atoms with E-state index in [4.69, 9.17) is 4.74 Å². The summed E-state index contributed by atoms with van der Waals surface area (Å²) in [5.41, 5.74) is -3.37. The van der Waals surface area contributed by atoms with Crippen LogP contribution in [0.3, 0.4) is 0 Å². The zero-order valence-electron chi connectivity index (χ0n) is 12.0. The van der Waals surface area contributed by atoms with Crippen LogP contribution in [0, 0.1) is 0 Å². The van der Waals surface area contributed by atoms with Crippen molar-refractivity contribution in [3.05, 3.63) is 24.3 Å². The number of hydrogen-bond acceptors (Lipinski definition) is 3. The third-order valence-corrected chi connectivity index (χ3v) is 4.18. The van der Waals surface area contributed by atoms with Gasteiger partial charge in [0.05, 0.1) is 6.10 Å². The smallest absolute Gasteiger partial charge is 0.382 e. The zero-order chi connectivity index (χ0) is 15.3. The van der Waals surface area contributed by atoms with Crippen LogP contribution in [0.1, 0.15) is 32.6 Å². The maximum Gasteiger partial charge on any atom is 0.446 e. The second-order valence-corrected chi connectivity index (χ2v) is 6.36. The van der Waals surface area contributed by atoms with Crippen LogP contribution in [0.4, 0.5) is 18.9 Å². The first-order valence-corrected chi connectivity index (χ1v) is 8.02. The maximum absolute atomic E-state index is 12.3. The van der Waals surface area contributed by atoms with Crippen LogP contribution in [0.25, 0.3) is 0 Å². The minimum Gasteiger partial charge on any atom is -0.382 e. The Morgan fingerprint density at radius 3 is 2.62 bits per heavy atom. The van der Waals surface area contributed by atoms with E-state index in [2.05, 4.69) is 12.2 Å². The number of hydrogen-bond donors (Lipinski definition) is 1. The summed E-state index contributed by atoms with van der Waals surface area (Å²) in [6.45, 7) is 2.88. The number of anilines is 1. The Hall–Kier alpha value is -0.880. The molecule has 1 heterocycles. The van der Waals surface area contributed by atoms with E-state index in [9.17, 15) is 13.2 Å². The quantitative estimate of drug-likeness (QED) is 0.767. The minimum absolute atomic E-state index is 0.0853. The normalized spacial score (nSPS) is 23.0. The molecule has 2 nitrogen and oxygen atoms in total. The number of ether oxygens (including phenoxy) is 1. The molecule has 2 atom stereocenters. The first-order chi connectivity index (χ1) is 9.96. The molecule has 0 radical (unpaired) electrons. The molecule has 21 heavy (non-hydrogen) atoms. The van der Waals surface area contributed by atoms with Crippen molar-refractivity contribution in [2.75, 3.05) is 11.9 Å². The van der Waals surface area contributed by atoms with Gasteiger partial charge in [-0.05, 0) is 55.3 Å². The second kappa shape index (κ2) is 7.40. The van der Waals surface area contributed by atoms with Crippen LogP contribution < -0.4 is 5.32 Å². The van der Waals surface area contributed by atoms with Crippen molar-refractivity contribution >= 4 is 17.4 Å². The van der Waals surface area contributed by atoms with E-state index in [1.165, 1.54) is 12.1 Å². The SMILES string of the molecule is CCCC1CC(Nc2ccc(SC(F)(F)F)cc2)CCO1.